The molecule has 0 heterocycles. The molecule has 0 amide bonds. The highest BCUT2D eigenvalue weighted by molar-refractivity contribution is 9.08. The molecule has 0 aliphatic rings. The molecule has 0 saturated carbocycles. The zero-order valence-electron chi connectivity index (χ0n) is 19.9. The summed E-state index contributed by atoms with van der Waals surface area (Å²) in [6, 6.07) is 6.33. The quantitative estimate of drug-likeness (QED) is 0.128. The Hall–Kier alpha value is -0.700. The predicted octanol–water partition coefficient (Wildman–Crippen LogP) is 9.62. The molecule has 0 saturated heterocycles. The molecule has 0 atom stereocenters. The van der Waals surface area contributed by atoms with Gasteiger partial charge in [0.05, 0.1) is 13.2 Å². The number of unbranched alkanes of at least 4 members (excludes halogenated alkanes) is 14. The average molecular weight is 484 g/mol. The van der Waals surface area contributed by atoms with Crippen molar-refractivity contribution < 1.29 is 9.47 Å². The number of hydrogen-bond acceptors (Lipinski definition) is 2. The van der Waals surface area contributed by atoms with E-state index in [9.17, 15) is 0 Å². The highest BCUT2D eigenvalue weighted by atomic mass is 79.9. The first kappa shape index (κ1) is 27.3. The fourth-order valence-electron chi connectivity index (χ4n) is 3.70. The highest BCUT2D eigenvalue weighted by Gasteiger charge is 2.07. The Bertz CT molecular complexity index is 504. The lowest BCUT2D eigenvalue weighted by Gasteiger charge is -2.14. The molecule has 1 rings (SSSR count). The Labute approximate surface area is 195 Å². The van der Waals surface area contributed by atoms with Gasteiger partial charge in [0.25, 0.3) is 0 Å². The van der Waals surface area contributed by atoms with E-state index in [0.29, 0.717) is 0 Å². The standard InChI is InChI=1S/C27H47BrO2/c1-3-5-7-9-11-13-15-17-21-29-26-20-19-25(24-28)23-27(26)30-22-18-16-14-12-10-8-6-4-2/h19-20,23H,3-18,21-22,24H2,1-2H3. The zero-order valence-corrected chi connectivity index (χ0v) is 21.4. The van der Waals surface area contributed by atoms with E-state index in [1.807, 2.05) is 0 Å². The molecule has 174 valence electrons. The number of halogens is 1. The molecular formula is C27H47BrO2. The fraction of sp³-hybridized carbons (Fsp3) is 0.778. The maximum atomic E-state index is 6.11. The van der Waals surface area contributed by atoms with Gasteiger partial charge in [-0.3, -0.25) is 0 Å². The van der Waals surface area contributed by atoms with Crippen LogP contribution in [0, 0.1) is 0 Å². The summed E-state index contributed by atoms with van der Waals surface area (Å²) < 4.78 is 12.2. The summed E-state index contributed by atoms with van der Waals surface area (Å²) in [6.07, 6.45) is 21.2. The molecule has 1 aromatic carbocycles. The lowest BCUT2D eigenvalue weighted by Crippen LogP contribution is -2.03. The molecule has 0 radical (unpaired) electrons. The van der Waals surface area contributed by atoms with Gasteiger partial charge in [0.2, 0.25) is 0 Å². The predicted molar refractivity (Wildman–Crippen MR) is 135 cm³/mol. The van der Waals surface area contributed by atoms with Crippen LogP contribution in [0.1, 0.15) is 122 Å². The van der Waals surface area contributed by atoms with Gasteiger partial charge in [-0.1, -0.05) is 126 Å². The molecule has 0 bridgehead atoms. The second kappa shape index (κ2) is 20.2. The van der Waals surface area contributed by atoms with Gasteiger partial charge in [-0.15, -0.1) is 0 Å². The van der Waals surface area contributed by atoms with Crippen molar-refractivity contribution in [3.8, 4) is 11.5 Å². The summed E-state index contributed by atoms with van der Waals surface area (Å²) in [7, 11) is 0. The van der Waals surface area contributed by atoms with Crippen molar-refractivity contribution in [1.82, 2.24) is 0 Å². The van der Waals surface area contributed by atoms with E-state index < -0.39 is 0 Å². The lowest BCUT2D eigenvalue weighted by atomic mass is 10.1. The molecule has 0 aromatic heterocycles. The van der Waals surface area contributed by atoms with E-state index in [4.69, 9.17) is 9.47 Å². The monoisotopic (exact) mass is 482 g/mol. The number of benzene rings is 1. The number of hydrogen-bond donors (Lipinski definition) is 0. The SMILES string of the molecule is CCCCCCCCCCOc1ccc(CBr)cc1OCCCCCCCCCC. The van der Waals surface area contributed by atoms with Crippen LogP contribution in [0.2, 0.25) is 0 Å². The van der Waals surface area contributed by atoms with E-state index in [1.165, 1.54) is 95.5 Å². The summed E-state index contributed by atoms with van der Waals surface area (Å²) in [5, 5.41) is 0.847. The molecular weight excluding hydrogens is 436 g/mol. The summed E-state index contributed by atoms with van der Waals surface area (Å²) in [5.74, 6) is 1.82. The van der Waals surface area contributed by atoms with E-state index in [-0.39, 0.29) is 0 Å². The second-order valence-corrected chi connectivity index (χ2v) is 9.12. The summed E-state index contributed by atoms with van der Waals surface area (Å²) in [5.41, 5.74) is 1.24. The maximum Gasteiger partial charge on any atom is 0.161 e. The van der Waals surface area contributed by atoms with Crippen molar-refractivity contribution in [2.45, 2.75) is 122 Å². The summed E-state index contributed by atoms with van der Waals surface area (Å²) in [4.78, 5) is 0. The zero-order chi connectivity index (χ0) is 21.7. The minimum atomic E-state index is 0.787. The Morgan fingerprint density at radius 2 is 1.00 bits per heavy atom. The van der Waals surface area contributed by atoms with Gasteiger partial charge in [0.1, 0.15) is 0 Å². The van der Waals surface area contributed by atoms with Crippen LogP contribution in [0.5, 0.6) is 11.5 Å². The minimum Gasteiger partial charge on any atom is -0.490 e. The summed E-state index contributed by atoms with van der Waals surface area (Å²) in [6.45, 7) is 6.12. The van der Waals surface area contributed by atoms with Gasteiger partial charge >= 0.3 is 0 Å². The second-order valence-electron chi connectivity index (χ2n) is 8.56. The molecule has 1 aromatic rings. The minimum absolute atomic E-state index is 0.787. The Morgan fingerprint density at radius 1 is 0.567 bits per heavy atom. The highest BCUT2D eigenvalue weighted by Crippen LogP contribution is 2.30. The average Bonchev–Trinajstić information content (AvgIpc) is 2.77. The van der Waals surface area contributed by atoms with Gasteiger partial charge in [0.15, 0.2) is 11.5 Å². The van der Waals surface area contributed by atoms with Crippen molar-refractivity contribution in [2.24, 2.45) is 0 Å². The van der Waals surface area contributed by atoms with E-state index in [0.717, 1.165) is 42.9 Å². The number of ether oxygens (including phenoxy) is 2. The maximum absolute atomic E-state index is 6.11. The van der Waals surface area contributed by atoms with Gasteiger partial charge in [-0.05, 0) is 30.5 Å². The normalized spacial score (nSPS) is 11.0. The molecule has 0 aliphatic carbocycles. The van der Waals surface area contributed by atoms with E-state index in [2.05, 4.69) is 48.0 Å². The third kappa shape index (κ3) is 14.3. The van der Waals surface area contributed by atoms with Gasteiger partial charge in [0, 0.05) is 5.33 Å². The number of rotatable bonds is 21. The van der Waals surface area contributed by atoms with Gasteiger partial charge in [-0.25, -0.2) is 0 Å². The van der Waals surface area contributed by atoms with Crippen LogP contribution in [0.3, 0.4) is 0 Å². The smallest absolute Gasteiger partial charge is 0.161 e. The van der Waals surface area contributed by atoms with Crippen LogP contribution in [0.4, 0.5) is 0 Å². The van der Waals surface area contributed by atoms with Gasteiger partial charge in [-0.2, -0.15) is 0 Å². The van der Waals surface area contributed by atoms with Crippen molar-refractivity contribution in [1.29, 1.82) is 0 Å². The molecule has 0 spiro atoms. The molecule has 0 fully saturated rings. The first-order chi connectivity index (χ1) is 14.8. The van der Waals surface area contributed by atoms with Crippen LogP contribution in [-0.4, -0.2) is 13.2 Å². The third-order valence-corrected chi connectivity index (χ3v) is 6.32. The Balaban J connectivity index is 2.22. The molecule has 2 nitrogen and oxygen atoms in total. The van der Waals surface area contributed by atoms with Crippen LogP contribution in [-0.2, 0) is 5.33 Å². The summed E-state index contributed by atoms with van der Waals surface area (Å²) >= 11 is 3.55. The van der Waals surface area contributed by atoms with Crippen molar-refractivity contribution >= 4 is 15.9 Å². The van der Waals surface area contributed by atoms with Gasteiger partial charge < -0.3 is 9.47 Å². The third-order valence-electron chi connectivity index (χ3n) is 5.67. The van der Waals surface area contributed by atoms with Crippen LogP contribution < -0.4 is 9.47 Å². The first-order valence-corrected chi connectivity index (χ1v) is 13.9. The Morgan fingerprint density at radius 3 is 1.47 bits per heavy atom. The van der Waals surface area contributed by atoms with Crippen LogP contribution in [0.25, 0.3) is 0 Å². The Kier molecular flexibility index (Phi) is 18.4. The van der Waals surface area contributed by atoms with Crippen LogP contribution >= 0.6 is 15.9 Å². The van der Waals surface area contributed by atoms with E-state index >= 15 is 0 Å². The molecule has 0 N–H and O–H groups in total. The molecule has 0 unspecified atom stereocenters. The fourth-order valence-corrected chi connectivity index (χ4v) is 4.05. The molecule has 30 heavy (non-hydrogen) atoms. The van der Waals surface area contributed by atoms with Crippen molar-refractivity contribution in [3.63, 3.8) is 0 Å². The van der Waals surface area contributed by atoms with Crippen molar-refractivity contribution in [3.05, 3.63) is 23.8 Å². The topological polar surface area (TPSA) is 18.5 Å². The lowest BCUT2D eigenvalue weighted by molar-refractivity contribution is 0.258. The largest absolute Gasteiger partial charge is 0.490 e. The molecule has 3 heteroatoms. The number of alkyl halides is 1. The van der Waals surface area contributed by atoms with Crippen LogP contribution in [0.15, 0.2) is 18.2 Å². The first-order valence-electron chi connectivity index (χ1n) is 12.8. The van der Waals surface area contributed by atoms with Crippen molar-refractivity contribution in [2.75, 3.05) is 13.2 Å². The molecule has 0 aliphatic heterocycles. The van der Waals surface area contributed by atoms with E-state index in [1.54, 1.807) is 0 Å².